The van der Waals surface area contributed by atoms with Crippen LogP contribution in [-0.4, -0.2) is 42.3 Å². The van der Waals surface area contributed by atoms with Gasteiger partial charge in [0.2, 0.25) is 0 Å². The highest BCUT2D eigenvalue weighted by atomic mass is 35.5. The van der Waals surface area contributed by atoms with Gasteiger partial charge in [0.1, 0.15) is 5.82 Å². The number of carbonyl (C=O) groups excluding carboxylic acids is 1. The van der Waals surface area contributed by atoms with E-state index >= 15 is 0 Å². The third-order valence-corrected chi connectivity index (χ3v) is 5.38. The van der Waals surface area contributed by atoms with E-state index in [0.717, 1.165) is 17.0 Å². The Hall–Kier alpha value is -2.71. The number of halogens is 2. The monoisotopic (exact) mass is 474 g/mol. The number of aliphatic hydroxyl groups is 1. The fourth-order valence-electron chi connectivity index (χ4n) is 3.14. The number of nitrogens with one attached hydrogen (secondary N) is 2. The maximum absolute atomic E-state index is 13.6. The number of nitrogens with zero attached hydrogens (tertiary/aromatic N) is 1. The summed E-state index contributed by atoms with van der Waals surface area (Å²) in [6.45, 7) is 6.80. The summed E-state index contributed by atoms with van der Waals surface area (Å²) in [5, 5.41) is 15.3. The lowest BCUT2D eigenvalue weighted by molar-refractivity contribution is 0.0939. The molecule has 178 valence electrons. The van der Waals surface area contributed by atoms with Crippen molar-refractivity contribution in [2.45, 2.75) is 31.8 Å². The number of hydrogen-bond acceptors (Lipinski definition) is 5. The Morgan fingerprint density at radius 2 is 2.15 bits per heavy atom. The zero-order chi connectivity index (χ0) is 24.4. The molecule has 8 heteroatoms. The maximum Gasteiger partial charge on any atom is 0.251 e. The van der Waals surface area contributed by atoms with Gasteiger partial charge in [-0.2, -0.15) is 0 Å². The van der Waals surface area contributed by atoms with E-state index in [-0.39, 0.29) is 29.6 Å². The second kappa shape index (κ2) is 13.1. The lowest BCUT2D eigenvalue weighted by Gasteiger charge is -2.15. The fraction of sp³-hybridized carbons (Fsp3) is 0.320. The summed E-state index contributed by atoms with van der Waals surface area (Å²) in [4.78, 5) is 12.6. The van der Waals surface area contributed by atoms with Crippen LogP contribution in [0.25, 0.3) is 12.7 Å². The summed E-state index contributed by atoms with van der Waals surface area (Å²) < 4.78 is 13.6. The van der Waals surface area contributed by atoms with Gasteiger partial charge in [-0.1, -0.05) is 42.5 Å². The molecule has 1 aliphatic rings. The fourth-order valence-corrected chi connectivity index (χ4v) is 3.26. The highest BCUT2D eigenvalue weighted by Crippen LogP contribution is 2.20. The number of rotatable bonds is 7. The van der Waals surface area contributed by atoms with Crippen molar-refractivity contribution in [1.29, 1.82) is 0 Å². The van der Waals surface area contributed by atoms with Crippen LogP contribution in [0.4, 0.5) is 4.39 Å². The molecule has 0 saturated carbocycles. The van der Waals surface area contributed by atoms with Gasteiger partial charge in [0, 0.05) is 38.0 Å². The van der Waals surface area contributed by atoms with Crippen molar-refractivity contribution in [3.63, 3.8) is 0 Å². The molecule has 0 fully saturated rings. The van der Waals surface area contributed by atoms with E-state index in [0.29, 0.717) is 24.0 Å². The first-order valence-electron chi connectivity index (χ1n) is 10.8. The smallest absolute Gasteiger partial charge is 0.251 e. The second-order valence-electron chi connectivity index (χ2n) is 7.84. The third-order valence-electron chi connectivity index (χ3n) is 5.08. The van der Waals surface area contributed by atoms with Crippen LogP contribution in [0.1, 0.15) is 41.7 Å². The molecular formula is C25H32ClFN4O2. The SMILES string of the molecule is C=c1ccc(C(=O)NC(C)c2ccc(Cl)c(F)c2)c/c1=C/C(N)CCCO.CN1C=CCN1. The number of amides is 1. The topological polar surface area (TPSA) is 90.6 Å². The Morgan fingerprint density at radius 3 is 2.73 bits per heavy atom. The van der Waals surface area contributed by atoms with Crippen LogP contribution in [0.5, 0.6) is 0 Å². The molecule has 3 rings (SSSR count). The minimum Gasteiger partial charge on any atom is -0.396 e. The molecule has 0 radical (unpaired) electrons. The van der Waals surface area contributed by atoms with E-state index in [1.807, 2.05) is 24.3 Å². The Balaban J connectivity index is 0.000000554. The molecule has 2 aromatic carbocycles. The summed E-state index contributed by atoms with van der Waals surface area (Å²) in [7, 11) is 1.98. The molecule has 0 bridgehead atoms. The van der Waals surface area contributed by atoms with Crippen LogP contribution < -0.4 is 26.9 Å². The summed E-state index contributed by atoms with van der Waals surface area (Å²) in [5.74, 6) is -0.804. The van der Waals surface area contributed by atoms with Gasteiger partial charge in [-0.05, 0) is 60.0 Å². The Morgan fingerprint density at radius 1 is 1.39 bits per heavy atom. The maximum atomic E-state index is 13.6. The summed E-state index contributed by atoms with van der Waals surface area (Å²) in [5.41, 5.74) is 10.2. The van der Waals surface area contributed by atoms with Crippen LogP contribution in [0, 0.1) is 5.82 Å². The number of hydrazine groups is 1. The second-order valence-corrected chi connectivity index (χ2v) is 8.24. The lowest BCUT2D eigenvalue weighted by atomic mass is 10.1. The van der Waals surface area contributed by atoms with Gasteiger partial charge < -0.3 is 21.2 Å². The molecule has 6 nitrogen and oxygen atoms in total. The van der Waals surface area contributed by atoms with Crippen LogP contribution in [-0.2, 0) is 0 Å². The van der Waals surface area contributed by atoms with Crippen molar-refractivity contribution in [1.82, 2.24) is 15.8 Å². The van der Waals surface area contributed by atoms with E-state index in [1.54, 1.807) is 31.2 Å². The molecule has 0 spiro atoms. The molecule has 0 aliphatic carbocycles. The summed E-state index contributed by atoms with van der Waals surface area (Å²) in [6, 6.07) is 9.00. The average molecular weight is 475 g/mol. The minimum atomic E-state index is -0.523. The predicted octanol–water partition coefficient (Wildman–Crippen LogP) is 2.21. The van der Waals surface area contributed by atoms with Gasteiger partial charge in [0.05, 0.1) is 11.1 Å². The van der Waals surface area contributed by atoms with E-state index < -0.39 is 5.82 Å². The quantitative estimate of drug-likeness (QED) is 0.494. The van der Waals surface area contributed by atoms with Crippen molar-refractivity contribution in [2.24, 2.45) is 5.73 Å². The first kappa shape index (κ1) is 26.5. The molecule has 2 unspecified atom stereocenters. The summed E-state index contributed by atoms with van der Waals surface area (Å²) in [6.07, 6.45) is 7.16. The van der Waals surface area contributed by atoms with E-state index in [1.165, 1.54) is 12.1 Å². The average Bonchev–Trinajstić information content (AvgIpc) is 3.26. The number of benzene rings is 2. The third kappa shape index (κ3) is 8.63. The molecule has 0 aromatic heterocycles. The van der Waals surface area contributed by atoms with Crippen molar-refractivity contribution < 1.29 is 14.3 Å². The van der Waals surface area contributed by atoms with E-state index in [4.69, 9.17) is 22.4 Å². The highest BCUT2D eigenvalue weighted by molar-refractivity contribution is 6.30. The van der Waals surface area contributed by atoms with E-state index in [9.17, 15) is 9.18 Å². The Bertz CT molecular complexity index is 1080. The zero-order valence-corrected chi connectivity index (χ0v) is 19.8. The number of hydrogen-bond donors (Lipinski definition) is 4. The van der Waals surface area contributed by atoms with Gasteiger partial charge in [0.25, 0.3) is 5.91 Å². The van der Waals surface area contributed by atoms with Gasteiger partial charge in [-0.15, -0.1) is 0 Å². The lowest BCUT2D eigenvalue weighted by Crippen LogP contribution is -2.32. The normalized spacial score (nSPS) is 15.1. The molecule has 2 aromatic rings. The van der Waals surface area contributed by atoms with Gasteiger partial charge in [0.15, 0.2) is 0 Å². The highest BCUT2D eigenvalue weighted by Gasteiger charge is 2.13. The van der Waals surface area contributed by atoms with E-state index in [2.05, 4.69) is 23.4 Å². The van der Waals surface area contributed by atoms with Crippen molar-refractivity contribution in [2.75, 3.05) is 20.2 Å². The molecule has 1 amide bonds. The standard InChI is InChI=1S/C21H24ClFN2O2.C4H8N2/c1-13-5-6-16(10-17(13)11-18(24)4-3-9-26)21(27)25-14(2)15-7-8-19(22)20(23)12-15;1-6-4-2-3-5-6/h5-8,10-12,14,18,26H,1,3-4,9,24H2,2H3,(H,25,27);2,4-5H,3H2,1H3/b17-11-;. The first-order chi connectivity index (χ1) is 15.7. The first-order valence-corrected chi connectivity index (χ1v) is 11.1. The molecule has 1 heterocycles. The van der Waals surface area contributed by atoms with Crippen LogP contribution in [0.2, 0.25) is 5.02 Å². The molecule has 1 aliphatic heterocycles. The zero-order valence-electron chi connectivity index (χ0n) is 19.0. The molecule has 0 saturated heterocycles. The van der Waals surface area contributed by atoms with Crippen molar-refractivity contribution in [3.05, 3.63) is 81.1 Å². The molecular weight excluding hydrogens is 443 g/mol. The molecule has 33 heavy (non-hydrogen) atoms. The van der Waals surface area contributed by atoms with Crippen LogP contribution in [0.3, 0.4) is 0 Å². The number of carbonyl (C=O) groups is 1. The van der Waals surface area contributed by atoms with Crippen LogP contribution in [0.15, 0.2) is 48.7 Å². The molecule has 5 N–H and O–H groups in total. The van der Waals surface area contributed by atoms with Gasteiger partial charge in [-0.25, -0.2) is 9.82 Å². The molecule has 2 atom stereocenters. The van der Waals surface area contributed by atoms with Gasteiger partial charge in [-0.3, -0.25) is 4.79 Å². The van der Waals surface area contributed by atoms with Crippen LogP contribution >= 0.6 is 11.6 Å². The number of nitrogens with two attached hydrogens (primary N) is 1. The Labute approximate surface area is 199 Å². The van der Waals surface area contributed by atoms with Crippen molar-refractivity contribution >= 4 is 30.2 Å². The van der Waals surface area contributed by atoms with Gasteiger partial charge >= 0.3 is 0 Å². The predicted molar refractivity (Wildman–Crippen MR) is 132 cm³/mol. The Kier molecular flexibility index (Phi) is 10.5. The number of aliphatic hydroxyl groups excluding tert-OH is 1. The summed E-state index contributed by atoms with van der Waals surface area (Å²) >= 11 is 5.70. The van der Waals surface area contributed by atoms with Crippen molar-refractivity contribution in [3.8, 4) is 0 Å². The largest absolute Gasteiger partial charge is 0.396 e. The minimum absolute atomic E-state index is 0.0426.